The van der Waals surface area contributed by atoms with Crippen molar-refractivity contribution in [1.29, 1.82) is 0 Å². The van der Waals surface area contributed by atoms with Gasteiger partial charge in [0, 0.05) is 6.54 Å². The normalized spacial score (nSPS) is 34.2. The van der Waals surface area contributed by atoms with Crippen molar-refractivity contribution in [3.05, 3.63) is 0 Å². The maximum atomic E-state index is 3.02. The molecule has 0 spiro atoms. The zero-order valence-corrected chi connectivity index (χ0v) is 3.36. The van der Waals surface area contributed by atoms with Gasteiger partial charge >= 0.3 is 0 Å². The van der Waals surface area contributed by atoms with Gasteiger partial charge in [-0.25, -0.2) is 10.4 Å². The summed E-state index contributed by atoms with van der Waals surface area (Å²) in [5.74, 6) is 0. The van der Waals surface area contributed by atoms with E-state index in [0.29, 0.717) is 0 Å². The molecular weight excluding hydrogens is 64.0 g/mol. The Morgan fingerprint density at radius 1 is 2.00 bits per heavy atom. The summed E-state index contributed by atoms with van der Waals surface area (Å²) in [6.45, 7) is 4.36. The van der Waals surface area contributed by atoms with E-state index in [2.05, 4.69) is 17.4 Å². The molecule has 1 fully saturated rings. The standard InChI is InChI=1S/C3H8N2/c1-2-5-3-4-5/h4H,2-3H2,1H3. The van der Waals surface area contributed by atoms with Crippen LogP contribution in [0.15, 0.2) is 0 Å². The Kier molecular flexibility index (Phi) is 0.596. The fourth-order valence-electron chi connectivity index (χ4n) is 0.274. The Balaban J connectivity index is 2.00. The van der Waals surface area contributed by atoms with Crippen LogP contribution in [0.1, 0.15) is 6.92 Å². The molecule has 0 aromatic heterocycles. The van der Waals surface area contributed by atoms with E-state index in [4.69, 9.17) is 0 Å². The maximum Gasteiger partial charge on any atom is 0.0754 e. The highest BCUT2D eigenvalue weighted by Gasteiger charge is 2.10. The van der Waals surface area contributed by atoms with Crippen LogP contribution in [0.5, 0.6) is 0 Å². The molecular formula is C3H8N2. The summed E-state index contributed by atoms with van der Waals surface area (Å²) in [7, 11) is 0. The minimum absolute atomic E-state index is 1.09. The molecule has 1 saturated heterocycles. The minimum atomic E-state index is 1.09. The molecule has 2 nitrogen and oxygen atoms in total. The first kappa shape index (κ1) is 3.12. The summed E-state index contributed by atoms with van der Waals surface area (Å²) in [6.07, 6.45) is 0. The zero-order chi connectivity index (χ0) is 3.70. The van der Waals surface area contributed by atoms with E-state index in [1.165, 1.54) is 0 Å². The highest BCUT2D eigenvalue weighted by atomic mass is 15.7. The van der Waals surface area contributed by atoms with Crippen molar-refractivity contribution in [1.82, 2.24) is 10.4 Å². The topological polar surface area (TPSA) is 25.0 Å². The molecule has 1 unspecified atom stereocenters. The molecule has 30 valence electrons. The Labute approximate surface area is 31.7 Å². The SMILES string of the molecule is CCN1CN1. The highest BCUT2D eigenvalue weighted by molar-refractivity contribution is 4.53. The van der Waals surface area contributed by atoms with Gasteiger partial charge in [0.2, 0.25) is 0 Å². The van der Waals surface area contributed by atoms with E-state index < -0.39 is 0 Å². The molecule has 2 heteroatoms. The summed E-state index contributed by atoms with van der Waals surface area (Å²) in [6, 6.07) is 0. The van der Waals surface area contributed by atoms with Gasteiger partial charge in [0.1, 0.15) is 0 Å². The highest BCUT2D eigenvalue weighted by Crippen LogP contribution is 1.88. The van der Waals surface area contributed by atoms with Gasteiger partial charge in [0.05, 0.1) is 6.67 Å². The lowest BCUT2D eigenvalue weighted by Gasteiger charge is -1.79. The van der Waals surface area contributed by atoms with Crippen LogP contribution in [0.2, 0.25) is 0 Å². The minimum Gasteiger partial charge on any atom is -0.238 e. The van der Waals surface area contributed by atoms with Crippen molar-refractivity contribution in [3.8, 4) is 0 Å². The van der Waals surface area contributed by atoms with Crippen LogP contribution in [0.25, 0.3) is 0 Å². The lowest BCUT2D eigenvalue weighted by molar-refractivity contribution is 0.544. The zero-order valence-electron chi connectivity index (χ0n) is 3.36. The average Bonchev–Trinajstić information content (AvgIpc) is 2.12. The van der Waals surface area contributed by atoms with Crippen molar-refractivity contribution in [2.75, 3.05) is 13.2 Å². The smallest absolute Gasteiger partial charge is 0.0754 e. The van der Waals surface area contributed by atoms with Gasteiger partial charge in [-0.05, 0) is 0 Å². The molecule has 0 aromatic carbocycles. The van der Waals surface area contributed by atoms with Crippen LogP contribution in [0.3, 0.4) is 0 Å². The van der Waals surface area contributed by atoms with Gasteiger partial charge in [0.25, 0.3) is 0 Å². The van der Waals surface area contributed by atoms with Crippen molar-refractivity contribution in [3.63, 3.8) is 0 Å². The number of hydrogen-bond acceptors (Lipinski definition) is 2. The summed E-state index contributed by atoms with van der Waals surface area (Å²) in [5, 5.41) is 2.12. The summed E-state index contributed by atoms with van der Waals surface area (Å²) in [4.78, 5) is 0. The van der Waals surface area contributed by atoms with Crippen LogP contribution in [0.4, 0.5) is 0 Å². The van der Waals surface area contributed by atoms with Crippen molar-refractivity contribution < 1.29 is 0 Å². The molecule has 1 atom stereocenters. The Hall–Kier alpha value is -0.0800. The first-order chi connectivity index (χ1) is 2.43. The molecule has 0 radical (unpaired) electrons. The largest absolute Gasteiger partial charge is 0.238 e. The van der Waals surface area contributed by atoms with Crippen LogP contribution in [-0.4, -0.2) is 18.2 Å². The number of nitrogens with zero attached hydrogens (tertiary/aromatic N) is 1. The van der Waals surface area contributed by atoms with E-state index in [1.807, 2.05) is 0 Å². The first-order valence-corrected chi connectivity index (χ1v) is 1.92. The molecule has 1 aliphatic rings. The van der Waals surface area contributed by atoms with Gasteiger partial charge in [0.15, 0.2) is 0 Å². The van der Waals surface area contributed by atoms with Gasteiger partial charge < -0.3 is 0 Å². The number of hydrazine groups is 1. The molecule has 1 heterocycles. The third kappa shape index (κ3) is 0.597. The second-order valence-corrected chi connectivity index (χ2v) is 1.17. The molecule has 5 heavy (non-hydrogen) atoms. The maximum absolute atomic E-state index is 3.02. The third-order valence-corrected chi connectivity index (χ3v) is 0.763. The Morgan fingerprint density at radius 2 is 2.60 bits per heavy atom. The molecule has 0 aromatic rings. The van der Waals surface area contributed by atoms with Crippen LogP contribution in [-0.2, 0) is 0 Å². The van der Waals surface area contributed by atoms with Crippen molar-refractivity contribution >= 4 is 0 Å². The fraction of sp³-hybridized carbons (Fsp3) is 1.00. The Morgan fingerprint density at radius 3 is 2.60 bits per heavy atom. The van der Waals surface area contributed by atoms with E-state index in [1.54, 1.807) is 0 Å². The van der Waals surface area contributed by atoms with Gasteiger partial charge in [-0.3, -0.25) is 0 Å². The van der Waals surface area contributed by atoms with Gasteiger partial charge in [-0.1, -0.05) is 6.92 Å². The lowest BCUT2D eigenvalue weighted by Crippen LogP contribution is -1.95. The Bertz CT molecular complexity index is 31.9. The summed E-state index contributed by atoms with van der Waals surface area (Å²) >= 11 is 0. The second-order valence-electron chi connectivity index (χ2n) is 1.17. The summed E-state index contributed by atoms with van der Waals surface area (Å²) in [5.41, 5.74) is 3.02. The van der Waals surface area contributed by atoms with Crippen LogP contribution < -0.4 is 5.43 Å². The molecule has 1 N–H and O–H groups in total. The molecule has 0 saturated carbocycles. The van der Waals surface area contributed by atoms with E-state index >= 15 is 0 Å². The molecule has 0 amide bonds. The predicted octanol–water partition coefficient (Wildman–Crippen LogP) is -0.216. The van der Waals surface area contributed by atoms with Crippen molar-refractivity contribution in [2.45, 2.75) is 6.92 Å². The van der Waals surface area contributed by atoms with Gasteiger partial charge in [-0.15, -0.1) is 0 Å². The summed E-state index contributed by atoms with van der Waals surface area (Å²) < 4.78 is 0. The molecule has 1 rings (SSSR count). The third-order valence-electron chi connectivity index (χ3n) is 0.763. The lowest BCUT2D eigenvalue weighted by atomic mass is 10.8. The first-order valence-electron chi connectivity index (χ1n) is 1.92. The predicted molar refractivity (Wildman–Crippen MR) is 20.4 cm³/mol. The van der Waals surface area contributed by atoms with E-state index in [0.717, 1.165) is 13.2 Å². The van der Waals surface area contributed by atoms with Crippen LogP contribution in [0, 0.1) is 0 Å². The number of nitrogens with one attached hydrogen (secondary N) is 1. The fourth-order valence-corrected chi connectivity index (χ4v) is 0.274. The molecule has 1 aliphatic heterocycles. The second kappa shape index (κ2) is 0.954. The van der Waals surface area contributed by atoms with Gasteiger partial charge in [-0.2, -0.15) is 0 Å². The van der Waals surface area contributed by atoms with E-state index in [-0.39, 0.29) is 0 Å². The quantitative estimate of drug-likeness (QED) is 0.433. The van der Waals surface area contributed by atoms with Crippen molar-refractivity contribution in [2.24, 2.45) is 0 Å². The number of hydrogen-bond donors (Lipinski definition) is 1. The monoisotopic (exact) mass is 72.1 g/mol. The van der Waals surface area contributed by atoms with Crippen LogP contribution >= 0.6 is 0 Å². The number of rotatable bonds is 1. The van der Waals surface area contributed by atoms with E-state index in [9.17, 15) is 0 Å². The molecule has 0 bridgehead atoms. The average molecular weight is 72.1 g/mol. The molecule has 0 aliphatic carbocycles.